The van der Waals surface area contributed by atoms with Crippen LogP contribution in [0.4, 0.5) is 4.79 Å². The molecule has 0 radical (unpaired) electrons. The summed E-state index contributed by atoms with van der Waals surface area (Å²) in [5.74, 6) is -0.507. The van der Waals surface area contributed by atoms with Crippen molar-refractivity contribution >= 4 is 12.0 Å². The van der Waals surface area contributed by atoms with Crippen LogP contribution >= 0.6 is 0 Å². The summed E-state index contributed by atoms with van der Waals surface area (Å²) < 4.78 is 0. The van der Waals surface area contributed by atoms with Crippen LogP contribution < -0.4 is 0 Å². The van der Waals surface area contributed by atoms with Crippen molar-refractivity contribution in [1.82, 2.24) is 14.7 Å². The van der Waals surface area contributed by atoms with Gasteiger partial charge in [0.2, 0.25) is 0 Å². The van der Waals surface area contributed by atoms with Crippen molar-refractivity contribution in [3.05, 3.63) is 0 Å². The Hall–Kier alpha value is -1.30. The number of hydrogen-bond donors (Lipinski definition) is 1. The number of hydrogen-bond acceptors (Lipinski definition) is 3. The number of urea groups is 1. The molecule has 0 aromatic rings. The molecule has 6 nitrogen and oxygen atoms in total. The average Bonchev–Trinajstić information content (AvgIpc) is 2.62. The number of carbonyl (C=O) groups is 2. The number of rotatable bonds is 1. The van der Waals surface area contributed by atoms with Crippen LogP contribution in [0, 0.1) is 5.92 Å². The number of piperidine rings is 1. The molecule has 2 aliphatic heterocycles. The fourth-order valence-corrected chi connectivity index (χ4v) is 3.02. The Labute approximate surface area is 120 Å². The SMILES string of the molecule is CC1CCN(C(=O)N2CCCN(C)CC2)C(C(=O)O)C1. The lowest BCUT2D eigenvalue weighted by molar-refractivity contribution is -0.144. The second-order valence-corrected chi connectivity index (χ2v) is 6.10. The van der Waals surface area contributed by atoms with Gasteiger partial charge in [-0.1, -0.05) is 6.92 Å². The van der Waals surface area contributed by atoms with E-state index in [0.29, 0.717) is 25.4 Å². The van der Waals surface area contributed by atoms with E-state index < -0.39 is 12.0 Å². The predicted molar refractivity (Wildman–Crippen MR) is 75.6 cm³/mol. The summed E-state index contributed by atoms with van der Waals surface area (Å²) in [6.45, 7) is 5.87. The molecule has 0 aliphatic carbocycles. The fourth-order valence-electron chi connectivity index (χ4n) is 3.02. The van der Waals surface area contributed by atoms with Crippen molar-refractivity contribution < 1.29 is 14.7 Å². The van der Waals surface area contributed by atoms with Crippen LogP contribution in [0.25, 0.3) is 0 Å². The molecule has 2 amide bonds. The number of nitrogens with zero attached hydrogens (tertiary/aromatic N) is 3. The van der Waals surface area contributed by atoms with E-state index >= 15 is 0 Å². The topological polar surface area (TPSA) is 64.1 Å². The van der Waals surface area contributed by atoms with Gasteiger partial charge in [0.1, 0.15) is 6.04 Å². The maximum Gasteiger partial charge on any atom is 0.326 e. The lowest BCUT2D eigenvalue weighted by Crippen LogP contribution is -2.54. The van der Waals surface area contributed by atoms with Gasteiger partial charge in [-0.15, -0.1) is 0 Å². The minimum absolute atomic E-state index is 0.0976. The first-order chi connectivity index (χ1) is 9.49. The van der Waals surface area contributed by atoms with E-state index in [2.05, 4.69) is 18.9 Å². The number of carboxylic acid groups (broad SMARTS) is 1. The van der Waals surface area contributed by atoms with Crippen molar-refractivity contribution in [3.63, 3.8) is 0 Å². The highest BCUT2D eigenvalue weighted by molar-refractivity contribution is 5.83. The minimum Gasteiger partial charge on any atom is -0.480 e. The Balaban J connectivity index is 2.04. The van der Waals surface area contributed by atoms with Crippen LogP contribution in [0.1, 0.15) is 26.2 Å². The van der Waals surface area contributed by atoms with Gasteiger partial charge in [0.05, 0.1) is 0 Å². The first-order valence-corrected chi connectivity index (χ1v) is 7.46. The molecule has 2 aliphatic rings. The molecule has 0 saturated carbocycles. The minimum atomic E-state index is -0.878. The molecule has 2 fully saturated rings. The maximum atomic E-state index is 12.6. The summed E-state index contributed by atoms with van der Waals surface area (Å²) in [7, 11) is 2.05. The van der Waals surface area contributed by atoms with E-state index in [-0.39, 0.29) is 6.03 Å². The largest absolute Gasteiger partial charge is 0.480 e. The molecule has 2 rings (SSSR count). The van der Waals surface area contributed by atoms with E-state index in [1.807, 2.05) is 4.90 Å². The van der Waals surface area contributed by atoms with E-state index in [1.165, 1.54) is 0 Å². The third-order valence-corrected chi connectivity index (χ3v) is 4.39. The molecule has 6 heteroatoms. The maximum absolute atomic E-state index is 12.6. The molecule has 20 heavy (non-hydrogen) atoms. The number of carboxylic acids is 1. The molecule has 2 heterocycles. The van der Waals surface area contributed by atoms with Crippen LogP contribution in [0.3, 0.4) is 0 Å². The van der Waals surface area contributed by atoms with Gasteiger partial charge in [-0.3, -0.25) is 0 Å². The van der Waals surface area contributed by atoms with Gasteiger partial charge in [-0.25, -0.2) is 9.59 Å². The molecule has 114 valence electrons. The van der Waals surface area contributed by atoms with E-state index in [4.69, 9.17) is 0 Å². The Morgan fingerprint density at radius 2 is 1.85 bits per heavy atom. The van der Waals surface area contributed by atoms with Gasteiger partial charge in [-0.05, 0) is 38.8 Å². The van der Waals surface area contributed by atoms with Crippen LogP contribution in [0.5, 0.6) is 0 Å². The van der Waals surface area contributed by atoms with Gasteiger partial charge in [0.15, 0.2) is 0 Å². The number of likely N-dealkylation sites (N-methyl/N-ethyl adjacent to an activating group) is 1. The molecule has 0 aromatic heterocycles. The highest BCUT2D eigenvalue weighted by atomic mass is 16.4. The Kier molecular flexibility index (Phi) is 4.86. The lowest BCUT2D eigenvalue weighted by atomic mass is 9.92. The zero-order chi connectivity index (χ0) is 14.7. The average molecular weight is 283 g/mol. The van der Waals surface area contributed by atoms with Crippen molar-refractivity contribution in [2.24, 2.45) is 5.92 Å². The summed E-state index contributed by atoms with van der Waals surface area (Å²) in [4.78, 5) is 29.6. The Bertz CT molecular complexity index is 375. The molecule has 2 saturated heterocycles. The molecular formula is C14H25N3O3. The third-order valence-electron chi connectivity index (χ3n) is 4.39. The highest BCUT2D eigenvalue weighted by Crippen LogP contribution is 2.24. The van der Waals surface area contributed by atoms with Gasteiger partial charge in [0, 0.05) is 26.2 Å². The summed E-state index contributed by atoms with van der Waals surface area (Å²) >= 11 is 0. The lowest BCUT2D eigenvalue weighted by Gasteiger charge is -2.38. The summed E-state index contributed by atoms with van der Waals surface area (Å²) in [5, 5.41) is 9.35. The number of carbonyl (C=O) groups excluding carboxylic acids is 1. The van der Waals surface area contributed by atoms with E-state index in [1.54, 1.807) is 4.90 Å². The first kappa shape index (κ1) is 15.1. The fraction of sp³-hybridized carbons (Fsp3) is 0.857. The second kappa shape index (κ2) is 6.43. The number of amides is 2. The summed E-state index contributed by atoms with van der Waals surface area (Å²) in [6, 6.07) is -0.758. The number of likely N-dealkylation sites (tertiary alicyclic amines) is 1. The molecular weight excluding hydrogens is 258 g/mol. The van der Waals surface area contributed by atoms with Crippen LogP contribution in [-0.2, 0) is 4.79 Å². The Morgan fingerprint density at radius 3 is 2.55 bits per heavy atom. The zero-order valence-corrected chi connectivity index (χ0v) is 12.4. The molecule has 0 spiro atoms. The Morgan fingerprint density at radius 1 is 1.10 bits per heavy atom. The standard InChI is InChI=1S/C14H25N3O3/c1-11-4-7-17(12(10-11)13(18)19)14(20)16-6-3-5-15(2)8-9-16/h11-12H,3-10H2,1-2H3,(H,18,19). The smallest absolute Gasteiger partial charge is 0.326 e. The number of aliphatic carboxylic acids is 1. The monoisotopic (exact) mass is 283 g/mol. The quantitative estimate of drug-likeness (QED) is 0.777. The molecule has 1 N–H and O–H groups in total. The van der Waals surface area contributed by atoms with Gasteiger partial charge >= 0.3 is 12.0 Å². The normalized spacial score (nSPS) is 29.1. The van der Waals surface area contributed by atoms with Gasteiger partial charge in [-0.2, -0.15) is 0 Å². The van der Waals surface area contributed by atoms with Crippen molar-refractivity contribution in [2.45, 2.75) is 32.2 Å². The van der Waals surface area contributed by atoms with Crippen LogP contribution in [0.2, 0.25) is 0 Å². The summed E-state index contributed by atoms with van der Waals surface area (Å²) in [5.41, 5.74) is 0. The highest BCUT2D eigenvalue weighted by Gasteiger charge is 2.36. The molecule has 0 aromatic carbocycles. The van der Waals surface area contributed by atoms with Gasteiger partial charge in [0.25, 0.3) is 0 Å². The molecule has 2 atom stereocenters. The predicted octanol–water partition coefficient (Wildman–Crippen LogP) is 0.929. The molecule has 0 bridgehead atoms. The van der Waals surface area contributed by atoms with E-state index in [0.717, 1.165) is 32.5 Å². The van der Waals surface area contributed by atoms with E-state index in [9.17, 15) is 14.7 Å². The van der Waals surface area contributed by atoms with Crippen LogP contribution in [-0.4, -0.2) is 77.6 Å². The molecule has 2 unspecified atom stereocenters. The third kappa shape index (κ3) is 3.42. The van der Waals surface area contributed by atoms with Crippen molar-refractivity contribution in [1.29, 1.82) is 0 Å². The van der Waals surface area contributed by atoms with Crippen molar-refractivity contribution in [3.8, 4) is 0 Å². The summed E-state index contributed by atoms with van der Waals surface area (Å²) in [6.07, 6.45) is 2.41. The van der Waals surface area contributed by atoms with Crippen LogP contribution in [0.15, 0.2) is 0 Å². The second-order valence-electron chi connectivity index (χ2n) is 6.10. The van der Waals surface area contributed by atoms with Gasteiger partial charge < -0.3 is 19.8 Å². The van der Waals surface area contributed by atoms with Crippen molar-refractivity contribution in [2.75, 3.05) is 39.8 Å². The first-order valence-electron chi connectivity index (χ1n) is 7.46. The zero-order valence-electron chi connectivity index (χ0n) is 12.4.